The molecule has 0 spiro atoms. The molecule has 2 N–H and O–H groups in total. The van der Waals surface area contributed by atoms with Gasteiger partial charge in [-0.25, -0.2) is 0 Å². The van der Waals surface area contributed by atoms with Crippen LogP contribution in [0.1, 0.15) is 38.7 Å². The number of aliphatic hydroxyl groups is 1. The van der Waals surface area contributed by atoms with E-state index in [1.165, 1.54) is 0 Å². The van der Waals surface area contributed by atoms with Crippen LogP contribution in [0.15, 0.2) is 24.3 Å². The van der Waals surface area contributed by atoms with Crippen LogP contribution in [0.25, 0.3) is 0 Å². The molecule has 24 heavy (non-hydrogen) atoms. The van der Waals surface area contributed by atoms with Gasteiger partial charge in [-0.1, -0.05) is 26.0 Å². The summed E-state index contributed by atoms with van der Waals surface area (Å²) >= 11 is 0. The summed E-state index contributed by atoms with van der Waals surface area (Å²) in [5.41, 5.74) is 0.0235. The van der Waals surface area contributed by atoms with Crippen molar-refractivity contribution in [1.29, 1.82) is 0 Å². The van der Waals surface area contributed by atoms with Crippen molar-refractivity contribution in [3.05, 3.63) is 29.8 Å². The van der Waals surface area contributed by atoms with E-state index in [-0.39, 0.29) is 0 Å². The van der Waals surface area contributed by atoms with Gasteiger partial charge >= 0.3 is 5.97 Å². The second kappa shape index (κ2) is 7.99. The lowest BCUT2D eigenvalue weighted by atomic mass is 9.72. The fraction of sp³-hybridized carbons (Fsp3) is 0.632. The SMILES string of the molecule is COc1cccc(CN2CC[C@@H](O)[C@](CCC(C)C)(C(=O)O)C2)c1. The molecule has 5 heteroatoms. The number of aliphatic hydroxyl groups excluding tert-OH is 1. The first-order valence-electron chi connectivity index (χ1n) is 8.64. The number of aliphatic carboxylic acids is 1. The molecule has 0 bridgehead atoms. The maximum Gasteiger partial charge on any atom is 0.313 e. The van der Waals surface area contributed by atoms with Crippen molar-refractivity contribution in [1.82, 2.24) is 4.90 Å². The minimum atomic E-state index is -1.07. The van der Waals surface area contributed by atoms with Crippen molar-refractivity contribution in [3.8, 4) is 5.75 Å². The number of hydrogen-bond donors (Lipinski definition) is 2. The zero-order chi connectivity index (χ0) is 17.7. The lowest BCUT2D eigenvalue weighted by Crippen LogP contribution is -2.55. The van der Waals surface area contributed by atoms with Gasteiger partial charge in [0.25, 0.3) is 0 Å². The summed E-state index contributed by atoms with van der Waals surface area (Å²) in [6, 6.07) is 7.83. The zero-order valence-electron chi connectivity index (χ0n) is 14.9. The lowest BCUT2D eigenvalue weighted by molar-refractivity contribution is -0.165. The molecule has 1 aliphatic heterocycles. The fourth-order valence-electron chi connectivity index (χ4n) is 3.44. The molecule has 0 unspecified atom stereocenters. The summed E-state index contributed by atoms with van der Waals surface area (Å²) in [7, 11) is 1.64. The van der Waals surface area contributed by atoms with Gasteiger partial charge in [0.1, 0.15) is 11.2 Å². The third-order valence-corrected chi connectivity index (χ3v) is 5.00. The topological polar surface area (TPSA) is 70.0 Å². The highest BCUT2D eigenvalue weighted by Crippen LogP contribution is 2.37. The van der Waals surface area contributed by atoms with Crippen molar-refractivity contribution in [2.45, 2.75) is 45.8 Å². The first-order chi connectivity index (χ1) is 11.4. The first-order valence-corrected chi connectivity index (χ1v) is 8.64. The molecular weight excluding hydrogens is 306 g/mol. The van der Waals surface area contributed by atoms with E-state index in [1.54, 1.807) is 7.11 Å². The van der Waals surface area contributed by atoms with Crippen LogP contribution in [-0.4, -0.2) is 47.4 Å². The Morgan fingerprint density at radius 2 is 2.21 bits per heavy atom. The molecule has 2 rings (SSSR count). The largest absolute Gasteiger partial charge is 0.497 e. The Hall–Kier alpha value is -1.59. The molecule has 0 amide bonds. The second-order valence-corrected chi connectivity index (χ2v) is 7.26. The molecule has 1 fully saturated rings. The number of benzene rings is 1. The quantitative estimate of drug-likeness (QED) is 0.802. The van der Waals surface area contributed by atoms with Crippen molar-refractivity contribution >= 4 is 5.97 Å². The van der Waals surface area contributed by atoms with Crippen molar-refractivity contribution in [3.63, 3.8) is 0 Å². The van der Waals surface area contributed by atoms with E-state index in [1.807, 2.05) is 24.3 Å². The van der Waals surface area contributed by atoms with Crippen LogP contribution in [0, 0.1) is 11.3 Å². The number of carboxylic acid groups (broad SMARTS) is 1. The normalized spacial score (nSPS) is 25.0. The van der Waals surface area contributed by atoms with E-state index < -0.39 is 17.5 Å². The number of likely N-dealkylation sites (tertiary alicyclic amines) is 1. The monoisotopic (exact) mass is 335 g/mol. The molecule has 1 aromatic carbocycles. The minimum absolute atomic E-state index is 0.382. The average molecular weight is 335 g/mol. The molecule has 0 saturated carbocycles. The first kappa shape index (κ1) is 18.7. The molecule has 1 aliphatic rings. The third kappa shape index (κ3) is 4.28. The number of rotatable bonds is 7. The highest BCUT2D eigenvalue weighted by Gasteiger charge is 2.48. The summed E-state index contributed by atoms with van der Waals surface area (Å²) in [5, 5.41) is 20.3. The smallest absolute Gasteiger partial charge is 0.313 e. The predicted octanol–water partition coefficient (Wildman–Crippen LogP) is 2.77. The van der Waals surface area contributed by atoms with Gasteiger partial charge in [-0.3, -0.25) is 9.69 Å². The van der Waals surface area contributed by atoms with Crippen LogP contribution in [0.3, 0.4) is 0 Å². The van der Waals surface area contributed by atoms with Gasteiger partial charge in [0, 0.05) is 19.6 Å². The Morgan fingerprint density at radius 3 is 2.83 bits per heavy atom. The highest BCUT2D eigenvalue weighted by atomic mass is 16.5. The molecular formula is C19H29NO4. The zero-order valence-corrected chi connectivity index (χ0v) is 14.9. The van der Waals surface area contributed by atoms with Gasteiger partial charge in [0.05, 0.1) is 13.2 Å². The van der Waals surface area contributed by atoms with Crippen molar-refractivity contribution < 1.29 is 19.7 Å². The van der Waals surface area contributed by atoms with E-state index in [4.69, 9.17) is 4.74 Å². The third-order valence-electron chi connectivity index (χ3n) is 5.00. The van der Waals surface area contributed by atoms with Crippen LogP contribution < -0.4 is 4.74 Å². The number of carbonyl (C=O) groups is 1. The second-order valence-electron chi connectivity index (χ2n) is 7.26. The van der Waals surface area contributed by atoms with E-state index in [9.17, 15) is 15.0 Å². The van der Waals surface area contributed by atoms with Gasteiger partial charge < -0.3 is 14.9 Å². The summed E-state index contributed by atoms with van der Waals surface area (Å²) in [6.07, 6.45) is 1.02. The Kier molecular flexibility index (Phi) is 6.24. The average Bonchev–Trinajstić information content (AvgIpc) is 2.55. The summed E-state index contributed by atoms with van der Waals surface area (Å²) < 4.78 is 5.25. The van der Waals surface area contributed by atoms with E-state index >= 15 is 0 Å². The predicted molar refractivity (Wildman–Crippen MR) is 93.0 cm³/mol. The van der Waals surface area contributed by atoms with Crippen LogP contribution in [0.5, 0.6) is 5.75 Å². The van der Waals surface area contributed by atoms with Gasteiger partial charge in [0.15, 0.2) is 0 Å². The summed E-state index contributed by atoms with van der Waals surface area (Å²) in [5.74, 6) is 0.335. The lowest BCUT2D eigenvalue weighted by Gasteiger charge is -2.43. The van der Waals surface area contributed by atoms with Gasteiger partial charge in [0.2, 0.25) is 0 Å². The molecule has 1 heterocycles. The minimum Gasteiger partial charge on any atom is -0.497 e. The van der Waals surface area contributed by atoms with Crippen LogP contribution in [0.2, 0.25) is 0 Å². The molecule has 1 saturated heterocycles. The van der Waals surface area contributed by atoms with Gasteiger partial charge in [-0.15, -0.1) is 0 Å². The molecule has 134 valence electrons. The summed E-state index contributed by atoms with van der Waals surface area (Å²) in [6.45, 7) is 5.92. The molecule has 2 atom stereocenters. The number of piperidine rings is 1. The number of ether oxygens (including phenoxy) is 1. The van der Waals surface area contributed by atoms with Crippen LogP contribution in [0.4, 0.5) is 0 Å². The summed E-state index contributed by atoms with van der Waals surface area (Å²) in [4.78, 5) is 14.1. The van der Waals surface area contributed by atoms with Crippen LogP contribution >= 0.6 is 0 Å². The molecule has 5 nitrogen and oxygen atoms in total. The maximum atomic E-state index is 12.0. The fourth-order valence-corrected chi connectivity index (χ4v) is 3.44. The maximum absolute atomic E-state index is 12.0. The van der Waals surface area contributed by atoms with E-state index in [2.05, 4.69) is 18.7 Å². The van der Waals surface area contributed by atoms with Crippen molar-refractivity contribution in [2.24, 2.45) is 11.3 Å². The van der Waals surface area contributed by atoms with Crippen molar-refractivity contribution in [2.75, 3.05) is 20.2 Å². The number of carboxylic acids is 1. The molecule has 0 aliphatic carbocycles. The Balaban J connectivity index is 2.13. The Labute approximate surface area is 144 Å². The van der Waals surface area contributed by atoms with Gasteiger partial charge in [-0.2, -0.15) is 0 Å². The molecule has 1 aromatic rings. The van der Waals surface area contributed by atoms with Gasteiger partial charge in [-0.05, 0) is 42.9 Å². The number of methoxy groups -OCH3 is 1. The highest BCUT2D eigenvalue weighted by molar-refractivity contribution is 5.76. The molecule has 0 aromatic heterocycles. The molecule has 0 radical (unpaired) electrons. The van der Waals surface area contributed by atoms with E-state index in [0.29, 0.717) is 38.4 Å². The Bertz CT molecular complexity index is 560. The standard InChI is InChI=1S/C19H29NO4/c1-14(2)7-9-19(18(22)23)13-20(10-8-17(19)21)12-15-5-4-6-16(11-15)24-3/h4-6,11,14,17,21H,7-10,12-13H2,1-3H3,(H,22,23)/t17-,19-/m1/s1. The van der Waals surface area contributed by atoms with E-state index in [0.717, 1.165) is 17.7 Å². The Morgan fingerprint density at radius 1 is 1.46 bits per heavy atom. The number of hydrogen-bond acceptors (Lipinski definition) is 4. The number of nitrogens with zero attached hydrogens (tertiary/aromatic N) is 1. The van der Waals surface area contributed by atoms with Crippen LogP contribution in [-0.2, 0) is 11.3 Å².